The molecule has 0 saturated heterocycles. The van der Waals surface area contributed by atoms with Crippen LogP contribution in [0, 0.1) is 0 Å². The van der Waals surface area contributed by atoms with Crippen molar-refractivity contribution in [3.8, 4) is 0 Å². The third-order valence-electron chi connectivity index (χ3n) is 3.55. The lowest BCUT2D eigenvalue weighted by molar-refractivity contribution is -0.136. The van der Waals surface area contributed by atoms with Crippen LogP contribution in [0.4, 0.5) is 0 Å². The van der Waals surface area contributed by atoms with Gasteiger partial charge in [-0.1, -0.05) is 12.1 Å². The van der Waals surface area contributed by atoms with Gasteiger partial charge in [0, 0.05) is 13.7 Å². The van der Waals surface area contributed by atoms with Crippen LogP contribution in [0.5, 0.6) is 0 Å². The number of rotatable bonds is 5. The molecule has 2 rings (SSSR count). The van der Waals surface area contributed by atoms with E-state index in [0.717, 1.165) is 23.4 Å². The van der Waals surface area contributed by atoms with Crippen LogP contribution in [-0.4, -0.2) is 28.0 Å². The molecule has 0 amide bonds. The Kier molecular flexibility index (Phi) is 3.71. The van der Waals surface area contributed by atoms with Crippen LogP contribution in [0.15, 0.2) is 24.3 Å². The summed E-state index contributed by atoms with van der Waals surface area (Å²) >= 11 is 0. The second-order valence-electron chi connectivity index (χ2n) is 5.08. The third-order valence-corrected chi connectivity index (χ3v) is 3.55. The van der Waals surface area contributed by atoms with Gasteiger partial charge in [-0.05, 0) is 32.9 Å². The van der Waals surface area contributed by atoms with Crippen LogP contribution in [0.25, 0.3) is 11.0 Å². The first-order valence-corrected chi connectivity index (χ1v) is 6.52. The summed E-state index contributed by atoms with van der Waals surface area (Å²) in [6.07, 6.45) is 0.295. The molecule has 0 fully saturated rings. The van der Waals surface area contributed by atoms with E-state index in [9.17, 15) is 4.79 Å². The van der Waals surface area contributed by atoms with Crippen LogP contribution in [0.3, 0.4) is 0 Å². The van der Waals surface area contributed by atoms with Crippen LogP contribution in [0.1, 0.15) is 26.6 Å². The maximum Gasteiger partial charge on any atom is 0.171 e. The molecule has 0 aliphatic heterocycles. The normalized spacial score (nSPS) is 12.0. The minimum atomic E-state index is -0.767. The number of fused-ring (bicyclic) bond motifs is 1. The maximum absolute atomic E-state index is 12.2. The first-order valence-electron chi connectivity index (χ1n) is 6.52. The number of nitrogens with zero attached hydrogens (tertiary/aromatic N) is 2. The van der Waals surface area contributed by atoms with E-state index in [1.54, 1.807) is 21.0 Å². The fourth-order valence-electron chi connectivity index (χ4n) is 2.08. The predicted octanol–water partition coefficient (Wildman–Crippen LogP) is 2.59. The number of aryl methyl sites for hydroxylation is 1. The highest BCUT2D eigenvalue weighted by Gasteiger charge is 2.28. The molecule has 1 aromatic heterocycles. The molecular weight excluding hydrogens is 240 g/mol. The number of ether oxygens (including phenoxy) is 1. The maximum atomic E-state index is 12.2. The SMILES string of the molecule is CCn1c(CC(=O)C(C)(C)OC)nc2ccccc21. The summed E-state index contributed by atoms with van der Waals surface area (Å²) in [5.74, 6) is 0.846. The zero-order valence-corrected chi connectivity index (χ0v) is 11.9. The van der Waals surface area contributed by atoms with Gasteiger partial charge < -0.3 is 9.30 Å². The molecule has 1 heterocycles. The standard InChI is InChI=1S/C15H20N2O2/c1-5-17-12-9-7-6-8-11(12)16-14(17)10-13(18)15(2,3)19-4/h6-9H,5,10H2,1-4H3. The van der Waals surface area contributed by atoms with E-state index >= 15 is 0 Å². The highest BCUT2D eigenvalue weighted by molar-refractivity contribution is 5.88. The van der Waals surface area contributed by atoms with Crippen LogP contribution in [-0.2, 0) is 22.5 Å². The highest BCUT2D eigenvalue weighted by Crippen LogP contribution is 2.19. The van der Waals surface area contributed by atoms with Crippen molar-refractivity contribution >= 4 is 16.8 Å². The lowest BCUT2D eigenvalue weighted by atomic mass is 10.0. The van der Waals surface area contributed by atoms with Crippen molar-refractivity contribution in [3.05, 3.63) is 30.1 Å². The Morgan fingerprint density at radius 1 is 1.37 bits per heavy atom. The monoisotopic (exact) mass is 260 g/mol. The van der Waals surface area contributed by atoms with E-state index in [-0.39, 0.29) is 5.78 Å². The number of carbonyl (C=O) groups is 1. The first kappa shape index (κ1) is 13.7. The molecule has 1 aromatic carbocycles. The van der Waals surface area contributed by atoms with Crippen molar-refractivity contribution in [3.63, 3.8) is 0 Å². The average molecular weight is 260 g/mol. The van der Waals surface area contributed by atoms with Gasteiger partial charge in [0.05, 0.1) is 17.5 Å². The number of benzene rings is 1. The Labute approximate surface area is 113 Å². The van der Waals surface area contributed by atoms with E-state index in [1.165, 1.54) is 0 Å². The van der Waals surface area contributed by atoms with Gasteiger partial charge >= 0.3 is 0 Å². The molecule has 102 valence electrons. The molecule has 4 heteroatoms. The third kappa shape index (κ3) is 2.54. The van der Waals surface area contributed by atoms with Crippen LogP contribution >= 0.6 is 0 Å². The minimum absolute atomic E-state index is 0.0417. The van der Waals surface area contributed by atoms with Gasteiger partial charge in [0.25, 0.3) is 0 Å². The summed E-state index contributed by atoms with van der Waals surface area (Å²) in [7, 11) is 1.56. The van der Waals surface area contributed by atoms with Gasteiger partial charge in [-0.2, -0.15) is 0 Å². The quantitative estimate of drug-likeness (QED) is 0.830. The molecule has 0 aliphatic carbocycles. The van der Waals surface area contributed by atoms with Gasteiger partial charge in [-0.15, -0.1) is 0 Å². The molecule has 0 saturated carbocycles. The Bertz CT molecular complexity index is 599. The van der Waals surface area contributed by atoms with Gasteiger partial charge in [0.1, 0.15) is 11.4 Å². The molecule has 4 nitrogen and oxygen atoms in total. The lowest BCUT2D eigenvalue weighted by Crippen LogP contribution is -2.35. The van der Waals surface area contributed by atoms with Crippen LogP contribution in [0.2, 0.25) is 0 Å². The van der Waals surface area contributed by atoms with E-state index < -0.39 is 5.60 Å². The number of hydrogen-bond acceptors (Lipinski definition) is 3. The number of hydrogen-bond donors (Lipinski definition) is 0. The summed E-state index contributed by atoms with van der Waals surface area (Å²) in [4.78, 5) is 16.8. The molecule has 0 N–H and O–H groups in total. The topological polar surface area (TPSA) is 44.1 Å². The Morgan fingerprint density at radius 3 is 2.68 bits per heavy atom. The van der Waals surface area contributed by atoms with Crippen molar-refractivity contribution in [1.29, 1.82) is 0 Å². The predicted molar refractivity (Wildman–Crippen MR) is 75.2 cm³/mol. The minimum Gasteiger partial charge on any atom is -0.371 e. The largest absolute Gasteiger partial charge is 0.371 e. The fourth-order valence-corrected chi connectivity index (χ4v) is 2.08. The summed E-state index contributed by atoms with van der Waals surface area (Å²) < 4.78 is 7.31. The van der Waals surface area contributed by atoms with Gasteiger partial charge in [0.2, 0.25) is 0 Å². The second kappa shape index (κ2) is 5.13. The average Bonchev–Trinajstić information content (AvgIpc) is 2.75. The Morgan fingerprint density at radius 2 is 2.05 bits per heavy atom. The van der Waals surface area contributed by atoms with E-state index in [2.05, 4.69) is 16.5 Å². The van der Waals surface area contributed by atoms with Crippen molar-refractivity contribution in [2.24, 2.45) is 0 Å². The summed E-state index contributed by atoms with van der Waals surface area (Å²) in [5, 5.41) is 0. The molecule has 0 atom stereocenters. The van der Waals surface area contributed by atoms with E-state index in [0.29, 0.717) is 6.42 Å². The fraction of sp³-hybridized carbons (Fsp3) is 0.467. The van der Waals surface area contributed by atoms with E-state index in [1.807, 2.05) is 24.3 Å². The Balaban J connectivity index is 2.38. The number of ketones is 1. The number of Topliss-reactive ketones (excluding diaryl/α,β-unsaturated/α-hetero) is 1. The Hall–Kier alpha value is -1.68. The number of imidazole rings is 1. The molecule has 0 spiro atoms. The lowest BCUT2D eigenvalue weighted by Gasteiger charge is -2.21. The zero-order valence-electron chi connectivity index (χ0n) is 11.9. The molecule has 2 aromatic rings. The number of para-hydroxylation sites is 2. The van der Waals surface area contributed by atoms with Crippen molar-refractivity contribution in [2.75, 3.05) is 7.11 Å². The molecular formula is C15H20N2O2. The summed E-state index contributed by atoms with van der Waals surface area (Å²) in [6.45, 7) is 6.43. The molecule has 0 aliphatic rings. The molecule has 0 radical (unpaired) electrons. The number of methoxy groups -OCH3 is 1. The highest BCUT2D eigenvalue weighted by atomic mass is 16.5. The van der Waals surface area contributed by atoms with Crippen LogP contribution < -0.4 is 0 Å². The summed E-state index contributed by atoms with van der Waals surface area (Å²) in [6, 6.07) is 7.94. The number of aromatic nitrogens is 2. The van der Waals surface area contributed by atoms with Crippen molar-refractivity contribution in [2.45, 2.75) is 39.3 Å². The van der Waals surface area contributed by atoms with Crippen molar-refractivity contribution < 1.29 is 9.53 Å². The van der Waals surface area contributed by atoms with Gasteiger partial charge in [-0.3, -0.25) is 4.79 Å². The number of carbonyl (C=O) groups excluding carboxylic acids is 1. The zero-order chi connectivity index (χ0) is 14.0. The first-order chi connectivity index (χ1) is 8.99. The van der Waals surface area contributed by atoms with Crippen molar-refractivity contribution in [1.82, 2.24) is 9.55 Å². The smallest absolute Gasteiger partial charge is 0.171 e. The second-order valence-corrected chi connectivity index (χ2v) is 5.08. The summed E-state index contributed by atoms with van der Waals surface area (Å²) in [5.41, 5.74) is 1.24. The van der Waals surface area contributed by atoms with E-state index in [4.69, 9.17) is 4.74 Å². The van der Waals surface area contributed by atoms with Gasteiger partial charge in [-0.25, -0.2) is 4.98 Å². The molecule has 0 bridgehead atoms. The van der Waals surface area contributed by atoms with Gasteiger partial charge in [0.15, 0.2) is 5.78 Å². The molecule has 19 heavy (non-hydrogen) atoms. The molecule has 0 unspecified atom stereocenters.